The second-order valence-electron chi connectivity index (χ2n) is 3.85. The van der Waals surface area contributed by atoms with E-state index in [0.29, 0.717) is 0 Å². The van der Waals surface area contributed by atoms with E-state index in [1.54, 1.807) is 0 Å². The summed E-state index contributed by atoms with van der Waals surface area (Å²) in [7, 11) is 0. The molecule has 7 nitrogen and oxygen atoms in total. The van der Waals surface area contributed by atoms with Crippen LogP contribution >= 0.6 is 0 Å². The number of anilines is 1. The number of H-pyrrole nitrogens is 1. The number of hydrogen-bond donors (Lipinski definition) is 5. The van der Waals surface area contributed by atoms with Crippen molar-refractivity contribution in [2.75, 3.05) is 5.73 Å². The lowest BCUT2D eigenvalue weighted by molar-refractivity contribution is -0.144. The monoisotopic (exact) mass is 265 g/mol. The average Bonchev–Trinajstić information content (AvgIpc) is 2.68. The van der Waals surface area contributed by atoms with E-state index >= 15 is 0 Å². The molecule has 0 saturated carbocycles. The van der Waals surface area contributed by atoms with Crippen LogP contribution in [0.1, 0.15) is 6.42 Å². The highest BCUT2D eigenvalue weighted by atomic mass is 16.4. The molecule has 102 valence electrons. The molecule has 1 heterocycles. The van der Waals surface area contributed by atoms with Crippen LogP contribution in [0.25, 0.3) is 10.9 Å². The Kier molecular flexibility index (Phi) is 4.90. The summed E-state index contributed by atoms with van der Waals surface area (Å²) >= 11 is 0. The SMILES string of the molecule is N[C@@H](CC(=O)O)C(=O)O.Nc1cc2ccccc2[nH]1. The Hall–Kier alpha value is -2.54. The first-order chi connectivity index (χ1) is 8.90. The van der Waals surface area contributed by atoms with Crippen LogP contribution in [0, 0.1) is 0 Å². The quantitative estimate of drug-likeness (QED) is 0.550. The fourth-order valence-corrected chi connectivity index (χ4v) is 1.37. The molecule has 19 heavy (non-hydrogen) atoms. The normalized spacial score (nSPS) is 11.4. The zero-order valence-electron chi connectivity index (χ0n) is 10.0. The second-order valence-corrected chi connectivity index (χ2v) is 3.85. The zero-order valence-corrected chi connectivity index (χ0v) is 10.0. The van der Waals surface area contributed by atoms with Gasteiger partial charge < -0.3 is 26.7 Å². The summed E-state index contributed by atoms with van der Waals surface area (Å²) in [6.07, 6.45) is -0.532. The van der Waals surface area contributed by atoms with Gasteiger partial charge in [0.25, 0.3) is 0 Å². The molecular formula is C12H15N3O4. The molecule has 0 aliphatic heterocycles. The maximum atomic E-state index is 9.85. The number of fused-ring (bicyclic) bond motifs is 1. The maximum absolute atomic E-state index is 9.85. The molecule has 0 radical (unpaired) electrons. The summed E-state index contributed by atoms with van der Waals surface area (Å²) in [6.45, 7) is 0. The molecule has 0 spiro atoms. The Morgan fingerprint density at radius 1 is 1.26 bits per heavy atom. The third-order valence-corrected chi connectivity index (χ3v) is 2.26. The van der Waals surface area contributed by atoms with Crippen LogP contribution in [0.5, 0.6) is 0 Å². The summed E-state index contributed by atoms with van der Waals surface area (Å²) in [5, 5.41) is 17.2. The number of aromatic nitrogens is 1. The fourth-order valence-electron chi connectivity index (χ4n) is 1.37. The summed E-state index contributed by atoms with van der Waals surface area (Å²) < 4.78 is 0. The van der Waals surface area contributed by atoms with Crippen LogP contribution < -0.4 is 11.5 Å². The van der Waals surface area contributed by atoms with Gasteiger partial charge in [-0.15, -0.1) is 0 Å². The predicted molar refractivity (Wildman–Crippen MR) is 70.6 cm³/mol. The average molecular weight is 265 g/mol. The number of carboxylic acids is 2. The van der Waals surface area contributed by atoms with Crippen LogP contribution in [-0.2, 0) is 9.59 Å². The van der Waals surface area contributed by atoms with Gasteiger partial charge in [-0.1, -0.05) is 18.2 Å². The molecule has 0 fully saturated rings. The van der Waals surface area contributed by atoms with E-state index in [4.69, 9.17) is 21.7 Å². The standard InChI is InChI=1S/C8H8N2.C4H7NO4/c9-8-5-6-3-1-2-4-7(6)10-8;5-2(4(8)9)1-3(6)7/h1-5,10H,9H2;2H,1,5H2,(H,6,7)(H,8,9)/t;2-/m.0/s1. The highest BCUT2D eigenvalue weighted by molar-refractivity contribution is 5.83. The van der Waals surface area contributed by atoms with E-state index in [9.17, 15) is 9.59 Å². The highest BCUT2D eigenvalue weighted by Crippen LogP contribution is 2.14. The molecule has 0 aliphatic rings. The van der Waals surface area contributed by atoms with Gasteiger partial charge in [0.1, 0.15) is 11.9 Å². The van der Waals surface area contributed by atoms with Crippen molar-refractivity contribution >= 4 is 28.7 Å². The number of nitrogens with two attached hydrogens (primary N) is 2. The van der Waals surface area contributed by atoms with Gasteiger partial charge in [0.15, 0.2) is 0 Å². The van der Waals surface area contributed by atoms with Gasteiger partial charge >= 0.3 is 11.9 Å². The molecule has 0 bridgehead atoms. The Balaban J connectivity index is 0.000000192. The van der Waals surface area contributed by atoms with Crippen molar-refractivity contribution in [2.45, 2.75) is 12.5 Å². The third kappa shape index (κ3) is 4.68. The summed E-state index contributed by atoms with van der Waals surface area (Å²) in [5.74, 6) is -1.77. The molecule has 7 N–H and O–H groups in total. The van der Waals surface area contributed by atoms with Crippen LogP contribution in [0.4, 0.5) is 5.82 Å². The third-order valence-electron chi connectivity index (χ3n) is 2.26. The Morgan fingerprint density at radius 3 is 2.37 bits per heavy atom. The number of aliphatic carboxylic acids is 2. The van der Waals surface area contributed by atoms with Crippen LogP contribution in [0.15, 0.2) is 30.3 Å². The van der Waals surface area contributed by atoms with Gasteiger partial charge in [0.05, 0.1) is 6.42 Å². The molecule has 1 atom stereocenters. The lowest BCUT2D eigenvalue weighted by atomic mass is 10.2. The van der Waals surface area contributed by atoms with Crippen molar-refractivity contribution in [3.05, 3.63) is 30.3 Å². The molecule has 1 aromatic carbocycles. The van der Waals surface area contributed by atoms with Crippen molar-refractivity contribution in [3.8, 4) is 0 Å². The number of carboxylic acid groups (broad SMARTS) is 2. The number of benzene rings is 1. The summed E-state index contributed by atoms with van der Waals surface area (Å²) in [6, 6.07) is 8.65. The number of aromatic amines is 1. The topological polar surface area (TPSA) is 142 Å². The van der Waals surface area contributed by atoms with E-state index in [1.807, 2.05) is 30.3 Å². The second kappa shape index (κ2) is 6.41. The number of nitrogens with one attached hydrogen (secondary N) is 1. The van der Waals surface area contributed by atoms with Crippen LogP contribution in [-0.4, -0.2) is 33.2 Å². The molecule has 0 unspecified atom stereocenters. The Morgan fingerprint density at radius 2 is 1.89 bits per heavy atom. The molecule has 0 aliphatic carbocycles. The Labute approximate surface area is 108 Å². The van der Waals surface area contributed by atoms with Crippen molar-refractivity contribution in [1.82, 2.24) is 4.98 Å². The fraction of sp³-hybridized carbons (Fsp3) is 0.167. The molecule has 1 aromatic heterocycles. The largest absolute Gasteiger partial charge is 0.481 e. The van der Waals surface area contributed by atoms with Crippen molar-refractivity contribution in [1.29, 1.82) is 0 Å². The number of carbonyl (C=O) groups is 2. The number of para-hydroxylation sites is 1. The van der Waals surface area contributed by atoms with Gasteiger partial charge in [-0.2, -0.15) is 0 Å². The predicted octanol–water partition coefficient (Wildman–Crippen LogP) is 0.623. The minimum atomic E-state index is -1.29. The molecule has 0 amide bonds. The van der Waals surface area contributed by atoms with E-state index in [0.717, 1.165) is 11.3 Å². The molecular weight excluding hydrogens is 250 g/mol. The number of rotatable bonds is 3. The lowest BCUT2D eigenvalue weighted by Crippen LogP contribution is -2.32. The molecule has 7 heteroatoms. The van der Waals surface area contributed by atoms with E-state index in [1.165, 1.54) is 5.39 Å². The van der Waals surface area contributed by atoms with Crippen LogP contribution in [0.3, 0.4) is 0 Å². The van der Waals surface area contributed by atoms with Gasteiger partial charge in [-0.3, -0.25) is 9.59 Å². The Bertz CT molecular complexity index is 546. The first-order valence-electron chi connectivity index (χ1n) is 5.43. The van der Waals surface area contributed by atoms with E-state index < -0.39 is 24.4 Å². The molecule has 2 aromatic rings. The van der Waals surface area contributed by atoms with E-state index in [2.05, 4.69) is 4.98 Å². The minimum absolute atomic E-state index is 0.532. The molecule has 0 saturated heterocycles. The van der Waals surface area contributed by atoms with Gasteiger partial charge in [-0.25, -0.2) is 0 Å². The first-order valence-corrected chi connectivity index (χ1v) is 5.43. The lowest BCUT2D eigenvalue weighted by Gasteiger charge is -1.99. The minimum Gasteiger partial charge on any atom is -0.481 e. The molecule has 2 rings (SSSR count). The smallest absolute Gasteiger partial charge is 0.321 e. The highest BCUT2D eigenvalue weighted by Gasteiger charge is 2.14. The van der Waals surface area contributed by atoms with Gasteiger partial charge in [-0.05, 0) is 12.1 Å². The maximum Gasteiger partial charge on any atom is 0.321 e. The van der Waals surface area contributed by atoms with Crippen molar-refractivity contribution < 1.29 is 19.8 Å². The number of hydrogen-bond acceptors (Lipinski definition) is 4. The summed E-state index contributed by atoms with van der Waals surface area (Å²) in [4.78, 5) is 22.7. The first kappa shape index (κ1) is 14.5. The number of nitrogen functional groups attached to an aromatic ring is 1. The van der Waals surface area contributed by atoms with Crippen LogP contribution in [0.2, 0.25) is 0 Å². The van der Waals surface area contributed by atoms with Gasteiger partial charge in [0, 0.05) is 10.9 Å². The van der Waals surface area contributed by atoms with Crippen molar-refractivity contribution in [3.63, 3.8) is 0 Å². The van der Waals surface area contributed by atoms with E-state index in [-0.39, 0.29) is 0 Å². The van der Waals surface area contributed by atoms with Gasteiger partial charge in [0.2, 0.25) is 0 Å². The zero-order chi connectivity index (χ0) is 14.4. The van der Waals surface area contributed by atoms with Crippen molar-refractivity contribution in [2.24, 2.45) is 5.73 Å². The summed E-state index contributed by atoms with van der Waals surface area (Å²) in [5.41, 5.74) is 11.5.